The van der Waals surface area contributed by atoms with Gasteiger partial charge in [0.2, 0.25) is 11.8 Å². The Hall–Kier alpha value is -2.67. The van der Waals surface area contributed by atoms with Crippen LogP contribution in [0.25, 0.3) is 11.3 Å². The Morgan fingerprint density at radius 1 is 1.33 bits per heavy atom. The molecule has 0 bridgehead atoms. The lowest BCUT2D eigenvalue weighted by Crippen LogP contribution is -2.45. The number of hydrogen-bond donors (Lipinski definition) is 1. The lowest BCUT2D eigenvalue weighted by molar-refractivity contribution is -0.137. The molecule has 1 aromatic carbocycles. The number of nitrogens with one attached hydrogen (secondary N) is 1. The monoisotopic (exact) mass is 370 g/mol. The van der Waals surface area contributed by atoms with Crippen LogP contribution in [-0.4, -0.2) is 53.3 Å². The normalized spacial score (nSPS) is 17.2. The van der Waals surface area contributed by atoms with E-state index < -0.39 is 0 Å². The summed E-state index contributed by atoms with van der Waals surface area (Å²) in [4.78, 5) is 26.6. The Bertz CT molecular complexity index is 816. The van der Waals surface area contributed by atoms with Crippen molar-refractivity contribution < 1.29 is 14.3 Å². The summed E-state index contributed by atoms with van der Waals surface area (Å²) < 4.78 is 6.76. The molecule has 1 fully saturated rings. The molecule has 144 valence electrons. The van der Waals surface area contributed by atoms with Crippen molar-refractivity contribution >= 4 is 17.6 Å². The molecule has 0 saturated carbocycles. The van der Waals surface area contributed by atoms with Gasteiger partial charge in [0, 0.05) is 44.8 Å². The third kappa shape index (κ3) is 4.19. The van der Waals surface area contributed by atoms with Gasteiger partial charge in [0.25, 0.3) is 0 Å². The van der Waals surface area contributed by atoms with Gasteiger partial charge in [-0.05, 0) is 13.3 Å². The largest absolute Gasteiger partial charge is 0.383 e. The van der Waals surface area contributed by atoms with Gasteiger partial charge in [-0.25, -0.2) is 0 Å². The van der Waals surface area contributed by atoms with E-state index >= 15 is 0 Å². The number of hydrogen-bond acceptors (Lipinski definition) is 4. The van der Waals surface area contributed by atoms with Gasteiger partial charge in [-0.15, -0.1) is 0 Å². The van der Waals surface area contributed by atoms with Crippen LogP contribution in [0, 0.1) is 12.8 Å². The smallest absolute Gasteiger partial charge is 0.230 e. The molecular formula is C20H26N4O3. The fraction of sp³-hybridized carbons (Fsp3) is 0.450. The van der Waals surface area contributed by atoms with Gasteiger partial charge < -0.3 is 15.0 Å². The molecule has 27 heavy (non-hydrogen) atoms. The highest BCUT2D eigenvalue weighted by Gasteiger charge is 2.31. The van der Waals surface area contributed by atoms with Crippen LogP contribution in [0.1, 0.15) is 18.4 Å². The molecule has 3 rings (SSSR count). The number of likely N-dealkylation sites (tertiary alicyclic amines) is 1. The van der Waals surface area contributed by atoms with Gasteiger partial charge in [0.15, 0.2) is 0 Å². The number of carbonyl (C=O) groups is 2. The van der Waals surface area contributed by atoms with Crippen LogP contribution < -0.4 is 5.32 Å². The molecule has 7 heteroatoms. The molecule has 1 aromatic heterocycles. The van der Waals surface area contributed by atoms with Crippen LogP contribution in [-0.2, 0) is 21.4 Å². The van der Waals surface area contributed by atoms with Crippen molar-refractivity contribution in [2.24, 2.45) is 13.0 Å². The first-order valence-corrected chi connectivity index (χ1v) is 9.18. The van der Waals surface area contributed by atoms with Gasteiger partial charge in [0.05, 0.1) is 18.2 Å². The van der Waals surface area contributed by atoms with Gasteiger partial charge in [0.1, 0.15) is 5.82 Å². The molecule has 0 aliphatic carbocycles. The molecule has 1 aliphatic heterocycles. The van der Waals surface area contributed by atoms with Crippen LogP contribution >= 0.6 is 0 Å². The average molecular weight is 370 g/mol. The van der Waals surface area contributed by atoms with E-state index in [-0.39, 0.29) is 17.7 Å². The van der Waals surface area contributed by atoms with E-state index in [1.54, 1.807) is 16.7 Å². The number of amides is 2. The Kier molecular flexibility index (Phi) is 5.91. The standard InChI is InChI=1S/C20H26N4O3/c1-14-18(15-7-5-4-6-8-15)22-23(2)19(14)21-20(26)16-9-10-17(25)24(13-16)11-12-27-3/h4-8,16H,9-13H2,1-3H3,(H,21,26). The predicted molar refractivity (Wildman–Crippen MR) is 103 cm³/mol. The zero-order chi connectivity index (χ0) is 19.4. The number of nitrogens with zero attached hydrogens (tertiary/aromatic N) is 3. The minimum absolute atomic E-state index is 0.0735. The van der Waals surface area contributed by atoms with Gasteiger partial charge in [-0.2, -0.15) is 5.10 Å². The lowest BCUT2D eigenvalue weighted by atomic mass is 9.96. The molecular weight excluding hydrogens is 344 g/mol. The first-order valence-electron chi connectivity index (χ1n) is 9.18. The number of anilines is 1. The lowest BCUT2D eigenvalue weighted by Gasteiger charge is -2.31. The van der Waals surface area contributed by atoms with E-state index in [2.05, 4.69) is 10.4 Å². The topological polar surface area (TPSA) is 76.5 Å². The predicted octanol–water partition coefficient (Wildman–Crippen LogP) is 2.22. The maximum absolute atomic E-state index is 12.8. The molecule has 2 heterocycles. The Morgan fingerprint density at radius 3 is 2.78 bits per heavy atom. The summed E-state index contributed by atoms with van der Waals surface area (Å²) in [5.41, 5.74) is 2.80. The van der Waals surface area contributed by atoms with Crippen molar-refractivity contribution in [1.29, 1.82) is 0 Å². The molecule has 1 saturated heterocycles. The van der Waals surface area contributed by atoms with Crippen LogP contribution in [0.15, 0.2) is 30.3 Å². The second-order valence-electron chi connectivity index (χ2n) is 6.87. The number of rotatable bonds is 6. The molecule has 1 unspecified atom stereocenters. The highest BCUT2D eigenvalue weighted by Crippen LogP contribution is 2.28. The third-order valence-electron chi connectivity index (χ3n) is 5.01. The quantitative estimate of drug-likeness (QED) is 0.846. The molecule has 2 amide bonds. The second-order valence-corrected chi connectivity index (χ2v) is 6.87. The van der Waals surface area contributed by atoms with Crippen LogP contribution in [0.2, 0.25) is 0 Å². The number of ether oxygens (including phenoxy) is 1. The summed E-state index contributed by atoms with van der Waals surface area (Å²) in [7, 11) is 3.43. The first-order chi connectivity index (χ1) is 13.0. The maximum Gasteiger partial charge on any atom is 0.230 e. The molecule has 2 aromatic rings. The molecule has 1 atom stereocenters. The zero-order valence-electron chi connectivity index (χ0n) is 16.1. The highest BCUT2D eigenvalue weighted by atomic mass is 16.5. The van der Waals surface area contributed by atoms with E-state index in [0.29, 0.717) is 38.4 Å². The van der Waals surface area contributed by atoms with E-state index in [1.165, 1.54) is 0 Å². The van der Waals surface area contributed by atoms with Gasteiger partial charge in [-0.1, -0.05) is 30.3 Å². The number of carbonyl (C=O) groups excluding carboxylic acids is 2. The number of benzene rings is 1. The summed E-state index contributed by atoms with van der Waals surface area (Å²) in [6.45, 7) is 3.38. The Morgan fingerprint density at radius 2 is 2.07 bits per heavy atom. The SMILES string of the molecule is COCCN1CC(C(=O)Nc2c(C)c(-c3ccccc3)nn2C)CCC1=O. The number of aryl methyl sites for hydroxylation is 1. The zero-order valence-corrected chi connectivity index (χ0v) is 16.1. The molecule has 7 nitrogen and oxygen atoms in total. The van der Waals surface area contributed by atoms with E-state index in [0.717, 1.165) is 16.8 Å². The average Bonchev–Trinajstić information content (AvgIpc) is 2.96. The molecule has 1 aliphatic rings. The van der Waals surface area contributed by atoms with Crippen molar-refractivity contribution in [3.05, 3.63) is 35.9 Å². The molecule has 0 spiro atoms. The maximum atomic E-state index is 12.8. The Balaban J connectivity index is 1.73. The third-order valence-corrected chi connectivity index (χ3v) is 5.01. The summed E-state index contributed by atoms with van der Waals surface area (Å²) in [6, 6.07) is 9.90. The van der Waals surface area contributed by atoms with E-state index in [1.807, 2.05) is 44.3 Å². The van der Waals surface area contributed by atoms with Crippen LogP contribution in [0.4, 0.5) is 5.82 Å². The number of methoxy groups -OCH3 is 1. The number of aromatic nitrogens is 2. The first kappa shape index (κ1) is 19.1. The Labute approximate surface area is 159 Å². The van der Waals surface area contributed by atoms with Crippen molar-refractivity contribution in [1.82, 2.24) is 14.7 Å². The summed E-state index contributed by atoms with van der Waals surface area (Å²) >= 11 is 0. The van der Waals surface area contributed by atoms with Crippen molar-refractivity contribution in [3.63, 3.8) is 0 Å². The van der Waals surface area contributed by atoms with Crippen LogP contribution in [0.5, 0.6) is 0 Å². The fourth-order valence-corrected chi connectivity index (χ4v) is 3.44. The van der Waals surface area contributed by atoms with E-state index in [4.69, 9.17) is 4.74 Å². The second kappa shape index (κ2) is 8.35. The van der Waals surface area contributed by atoms with E-state index in [9.17, 15) is 9.59 Å². The summed E-state index contributed by atoms with van der Waals surface area (Å²) in [6.07, 6.45) is 0.956. The minimum Gasteiger partial charge on any atom is -0.383 e. The van der Waals surface area contributed by atoms with Crippen molar-refractivity contribution in [3.8, 4) is 11.3 Å². The van der Waals surface area contributed by atoms with Crippen molar-refractivity contribution in [2.45, 2.75) is 19.8 Å². The highest BCUT2D eigenvalue weighted by molar-refractivity contribution is 5.94. The number of piperidine rings is 1. The molecule has 1 N–H and O–H groups in total. The van der Waals surface area contributed by atoms with Gasteiger partial charge >= 0.3 is 0 Å². The minimum atomic E-state index is -0.228. The molecule has 0 radical (unpaired) electrons. The van der Waals surface area contributed by atoms with Crippen molar-refractivity contribution in [2.75, 3.05) is 32.1 Å². The van der Waals surface area contributed by atoms with Gasteiger partial charge in [-0.3, -0.25) is 14.3 Å². The fourth-order valence-electron chi connectivity index (χ4n) is 3.44. The van der Waals surface area contributed by atoms with Crippen LogP contribution in [0.3, 0.4) is 0 Å². The summed E-state index contributed by atoms with van der Waals surface area (Å²) in [5.74, 6) is 0.475. The summed E-state index contributed by atoms with van der Waals surface area (Å²) in [5, 5.41) is 7.59.